The van der Waals surface area contributed by atoms with Crippen molar-refractivity contribution in [2.75, 3.05) is 5.32 Å². The van der Waals surface area contributed by atoms with Crippen LogP contribution in [0.5, 0.6) is 11.5 Å². The molecule has 2 N–H and O–H groups in total. The van der Waals surface area contributed by atoms with Crippen LogP contribution in [0.25, 0.3) is 0 Å². The van der Waals surface area contributed by atoms with E-state index in [0.717, 1.165) is 17.7 Å². The molecule has 0 saturated carbocycles. The quantitative estimate of drug-likeness (QED) is 0.806. The largest absolute Gasteiger partial charge is 0.506 e. The average Bonchev–Trinajstić information content (AvgIpc) is 2.51. The SMILES string of the molecule is CC(Oc1ccc(F)c(F)c1)C(=O)Nc1cc(C(C)(C)C)ccc1O. The van der Waals surface area contributed by atoms with Crippen LogP contribution in [0.2, 0.25) is 0 Å². The standard InChI is InChI=1S/C19H21F2NO3/c1-11(25-13-6-7-14(20)15(21)10-13)18(24)22-16-9-12(19(2,3)4)5-8-17(16)23/h5-11,23H,1-4H3,(H,22,24). The highest BCUT2D eigenvalue weighted by atomic mass is 19.2. The monoisotopic (exact) mass is 349 g/mol. The number of ether oxygens (including phenoxy) is 1. The Morgan fingerprint density at radius 1 is 1.12 bits per heavy atom. The zero-order valence-corrected chi connectivity index (χ0v) is 14.6. The molecular weight excluding hydrogens is 328 g/mol. The number of carbonyl (C=O) groups is 1. The molecule has 2 rings (SSSR count). The van der Waals surface area contributed by atoms with E-state index >= 15 is 0 Å². The normalized spacial score (nSPS) is 12.6. The van der Waals surface area contributed by atoms with Crippen molar-refractivity contribution in [1.29, 1.82) is 0 Å². The maximum atomic E-state index is 13.2. The van der Waals surface area contributed by atoms with E-state index in [1.807, 2.05) is 20.8 Å². The molecule has 0 aliphatic rings. The smallest absolute Gasteiger partial charge is 0.265 e. The maximum Gasteiger partial charge on any atom is 0.265 e. The van der Waals surface area contributed by atoms with Crippen LogP contribution in [0.15, 0.2) is 36.4 Å². The highest BCUT2D eigenvalue weighted by Gasteiger charge is 2.20. The molecule has 2 aromatic rings. The number of phenols is 1. The zero-order valence-electron chi connectivity index (χ0n) is 14.6. The third-order valence-electron chi connectivity index (χ3n) is 3.69. The molecule has 6 heteroatoms. The molecule has 0 aromatic heterocycles. The van der Waals surface area contributed by atoms with Crippen LogP contribution in [0.3, 0.4) is 0 Å². The summed E-state index contributed by atoms with van der Waals surface area (Å²) >= 11 is 0. The number of rotatable bonds is 4. The van der Waals surface area contributed by atoms with Gasteiger partial charge in [0, 0.05) is 6.07 Å². The fourth-order valence-corrected chi connectivity index (χ4v) is 2.14. The molecule has 2 aromatic carbocycles. The van der Waals surface area contributed by atoms with E-state index in [2.05, 4.69) is 5.32 Å². The van der Waals surface area contributed by atoms with Crippen LogP contribution < -0.4 is 10.1 Å². The van der Waals surface area contributed by atoms with Crippen LogP contribution >= 0.6 is 0 Å². The van der Waals surface area contributed by atoms with Crippen molar-refractivity contribution in [2.24, 2.45) is 0 Å². The van der Waals surface area contributed by atoms with Gasteiger partial charge in [0.05, 0.1) is 5.69 Å². The van der Waals surface area contributed by atoms with E-state index in [1.165, 1.54) is 19.1 Å². The minimum Gasteiger partial charge on any atom is -0.506 e. The number of anilines is 1. The summed E-state index contributed by atoms with van der Waals surface area (Å²) in [6.45, 7) is 7.51. The first-order chi connectivity index (χ1) is 11.6. The molecule has 134 valence electrons. The molecule has 1 unspecified atom stereocenters. The Labute approximate surface area is 145 Å². The second-order valence-corrected chi connectivity index (χ2v) is 6.81. The summed E-state index contributed by atoms with van der Waals surface area (Å²) in [6, 6.07) is 8.02. The van der Waals surface area contributed by atoms with Crippen molar-refractivity contribution in [3.63, 3.8) is 0 Å². The number of benzene rings is 2. The van der Waals surface area contributed by atoms with Gasteiger partial charge < -0.3 is 15.2 Å². The van der Waals surface area contributed by atoms with Crippen LogP contribution in [-0.2, 0) is 10.2 Å². The van der Waals surface area contributed by atoms with Gasteiger partial charge in [0.1, 0.15) is 11.5 Å². The Kier molecular flexibility index (Phi) is 5.30. The molecular formula is C19H21F2NO3. The van der Waals surface area contributed by atoms with E-state index < -0.39 is 23.6 Å². The van der Waals surface area contributed by atoms with Gasteiger partial charge in [-0.05, 0) is 42.2 Å². The third-order valence-corrected chi connectivity index (χ3v) is 3.69. The van der Waals surface area contributed by atoms with E-state index in [9.17, 15) is 18.7 Å². The molecule has 0 radical (unpaired) electrons. The lowest BCUT2D eigenvalue weighted by molar-refractivity contribution is -0.122. The Morgan fingerprint density at radius 3 is 2.40 bits per heavy atom. The Balaban J connectivity index is 2.12. The van der Waals surface area contributed by atoms with E-state index in [-0.39, 0.29) is 22.6 Å². The molecule has 0 heterocycles. The summed E-state index contributed by atoms with van der Waals surface area (Å²) in [6.07, 6.45) is -0.970. The first-order valence-corrected chi connectivity index (χ1v) is 7.84. The molecule has 1 amide bonds. The Bertz CT molecular complexity index is 785. The van der Waals surface area contributed by atoms with Crippen LogP contribution in [0.4, 0.5) is 14.5 Å². The second-order valence-electron chi connectivity index (χ2n) is 6.81. The Hall–Kier alpha value is -2.63. The first-order valence-electron chi connectivity index (χ1n) is 7.84. The predicted octanol–water partition coefficient (Wildman–Crippen LogP) is 4.37. The van der Waals surface area contributed by atoms with E-state index in [0.29, 0.717) is 0 Å². The van der Waals surface area contributed by atoms with Crippen LogP contribution in [0, 0.1) is 11.6 Å². The van der Waals surface area contributed by atoms with E-state index in [4.69, 9.17) is 4.74 Å². The van der Waals surface area contributed by atoms with Gasteiger partial charge in [-0.1, -0.05) is 26.8 Å². The molecule has 1 atom stereocenters. The summed E-state index contributed by atoms with van der Waals surface area (Å²) in [7, 11) is 0. The van der Waals surface area contributed by atoms with Crippen molar-refractivity contribution in [3.8, 4) is 11.5 Å². The number of aromatic hydroxyl groups is 1. The summed E-state index contributed by atoms with van der Waals surface area (Å²) in [5, 5.41) is 12.5. The van der Waals surface area contributed by atoms with Crippen LogP contribution in [-0.4, -0.2) is 17.1 Å². The summed E-state index contributed by atoms with van der Waals surface area (Å²) in [5.74, 6) is -2.60. The fourth-order valence-electron chi connectivity index (χ4n) is 2.14. The summed E-state index contributed by atoms with van der Waals surface area (Å²) < 4.78 is 31.4. The lowest BCUT2D eigenvalue weighted by Crippen LogP contribution is -2.30. The minimum atomic E-state index is -1.05. The number of hydrogen-bond donors (Lipinski definition) is 2. The summed E-state index contributed by atoms with van der Waals surface area (Å²) in [4.78, 5) is 12.3. The number of halogens is 2. The van der Waals surface area contributed by atoms with Crippen molar-refractivity contribution in [2.45, 2.75) is 39.2 Å². The molecule has 4 nitrogen and oxygen atoms in total. The molecule has 0 bridgehead atoms. The van der Waals surface area contributed by atoms with Crippen LogP contribution in [0.1, 0.15) is 33.3 Å². The number of carbonyl (C=O) groups excluding carboxylic acids is 1. The number of amides is 1. The number of nitrogens with one attached hydrogen (secondary N) is 1. The van der Waals surface area contributed by atoms with Gasteiger partial charge >= 0.3 is 0 Å². The first kappa shape index (κ1) is 18.7. The highest BCUT2D eigenvalue weighted by Crippen LogP contribution is 2.31. The predicted molar refractivity (Wildman–Crippen MR) is 91.9 cm³/mol. The van der Waals surface area contributed by atoms with Gasteiger partial charge in [-0.3, -0.25) is 4.79 Å². The molecule has 0 aliphatic heterocycles. The third kappa shape index (κ3) is 4.68. The second kappa shape index (κ2) is 7.09. The van der Waals surface area contributed by atoms with Crippen molar-refractivity contribution in [1.82, 2.24) is 0 Å². The topological polar surface area (TPSA) is 58.6 Å². The van der Waals surface area contributed by atoms with Gasteiger partial charge in [0.15, 0.2) is 17.7 Å². The highest BCUT2D eigenvalue weighted by molar-refractivity contribution is 5.95. The molecule has 25 heavy (non-hydrogen) atoms. The van der Waals surface area contributed by atoms with Crippen molar-refractivity contribution in [3.05, 3.63) is 53.6 Å². The number of phenolic OH excluding ortho intramolecular Hbond substituents is 1. The molecule has 0 aliphatic carbocycles. The van der Waals surface area contributed by atoms with Gasteiger partial charge in [-0.15, -0.1) is 0 Å². The molecule has 0 fully saturated rings. The molecule has 0 saturated heterocycles. The minimum absolute atomic E-state index is 0.0363. The lowest BCUT2D eigenvalue weighted by Gasteiger charge is -2.21. The fraction of sp³-hybridized carbons (Fsp3) is 0.316. The Morgan fingerprint density at radius 2 is 1.80 bits per heavy atom. The average molecular weight is 349 g/mol. The van der Waals surface area contributed by atoms with Crippen molar-refractivity contribution < 1.29 is 23.4 Å². The number of hydrogen-bond acceptors (Lipinski definition) is 3. The zero-order chi connectivity index (χ0) is 18.8. The molecule has 0 spiro atoms. The maximum absolute atomic E-state index is 13.2. The van der Waals surface area contributed by atoms with Gasteiger partial charge in [-0.25, -0.2) is 8.78 Å². The van der Waals surface area contributed by atoms with Crippen molar-refractivity contribution >= 4 is 11.6 Å². The van der Waals surface area contributed by atoms with Gasteiger partial charge in [0.25, 0.3) is 5.91 Å². The van der Waals surface area contributed by atoms with Gasteiger partial charge in [0.2, 0.25) is 0 Å². The van der Waals surface area contributed by atoms with Gasteiger partial charge in [-0.2, -0.15) is 0 Å². The lowest BCUT2D eigenvalue weighted by atomic mass is 9.87. The van der Waals surface area contributed by atoms with E-state index in [1.54, 1.807) is 12.1 Å². The summed E-state index contributed by atoms with van der Waals surface area (Å²) in [5.41, 5.74) is 1.05.